The molecule has 4 aliphatic carbocycles. The molecule has 2 amide bonds. The first-order valence-electron chi connectivity index (χ1n) is 48.9. The number of amides is 2. The molecule has 0 spiro atoms. The zero-order valence-electron chi connectivity index (χ0n) is 84.2. The highest BCUT2D eigenvalue weighted by molar-refractivity contribution is 5.80. The summed E-state index contributed by atoms with van der Waals surface area (Å²) in [7, 11) is 0. The lowest BCUT2D eigenvalue weighted by molar-refractivity contribution is -0.121. The van der Waals surface area contributed by atoms with Crippen LogP contribution in [0.4, 0.5) is 50.4 Å². The summed E-state index contributed by atoms with van der Waals surface area (Å²) in [5.74, 6) is 1.39. The molecule has 5 aliphatic rings. The van der Waals surface area contributed by atoms with Crippen molar-refractivity contribution in [3.8, 4) is 0 Å². The van der Waals surface area contributed by atoms with E-state index in [0.717, 1.165) is 131 Å². The van der Waals surface area contributed by atoms with Crippen molar-refractivity contribution in [2.24, 2.45) is 5.73 Å². The molecule has 4 aromatic heterocycles. The summed E-state index contributed by atoms with van der Waals surface area (Å²) in [5, 5.41) is 31.5. The van der Waals surface area contributed by atoms with Gasteiger partial charge in [0, 0.05) is 85.5 Å². The second kappa shape index (κ2) is 48.0. The predicted molar refractivity (Wildman–Crippen MR) is 546 cm³/mol. The molecule has 23 heteroatoms. The molecule has 0 radical (unpaired) electrons. The average Bonchev–Trinajstić information content (AvgIpc) is 1.38. The average molecular weight is 1880 g/mol. The number of aromatic nitrogens is 4. The van der Waals surface area contributed by atoms with E-state index in [2.05, 4.69) is 220 Å². The van der Waals surface area contributed by atoms with Gasteiger partial charge in [-0.1, -0.05) is 204 Å². The van der Waals surface area contributed by atoms with E-state index in [0.29, 0.717) is 92.7 Å². The summed E-state index contributed by atoms with van der Waals surface area (Å²) >= 11 is 0. The van der Waals surface area contributed by atoms with Gasteiger partial charge in [0.05, 0.1) is 29.9 Å². The van der Waals surface area contributed by atoms with Gasteiger partial charge in [-0.15, -0.1) is 0 Å². The topological polar surface area (TPSA) is 278 Å². The fraction of sp³-hybridized carbons (Fsp3) is 0.482. The van der Waals surface area contributed by atoms with Crippen LogP contribution in [0.25, 0.3) is 0 Å². The third kappa shape index (κ3) is 35.1. The lowest BCUT2D eigenvalue weighted by atomic mass is 9.73. The Balaban J connectivity index is 0.000000178. The van der Waals surface area contributed by atoms with Crippen LogP contribution in [0.15, 0.2) is 231 Å². The second-order valence-corrected chi connectivity index (χ2v) is 43.8. The molecule has 11 N–H and O–H groups in total. The Hall–Kier alpha value is -11.1. The zero-order valence-corrected chi connectivity index (χ0v) is 84.2. The van der Waals surface area contributed by atoms with E-state index < -0.39 is 57.7 Å². The molecule has 1 saturated heterocycles. The Morgan fingerprint density at radius 1 is 0.423 bits per heavy atom. The fourth-order valence-electron chi connectivity index (χ4n) is 17.9. The first-order chi connectivity index (χ1) is 64.5. The quantitative estimate of drug-likeness (QED) is 0.0239. The molecule has 137 heavy (non-hydrogen) atoms. The number of aliphatic hydroxyl groups excluding tert-OH is 1. The van der Waals surface area contributed by atoms with Crippen molar-refractivity contribution < 1.29 is 51.3 Å². The molecule has 2 atom stereocenters. The minimum absolute atomic E-state index is 0.0214. The highest BCUT2D eigenvalue weighted by Crippen LogP contribution is 2.45. The molecule has 1 aliphatic heterocycles. The van der Waals surface area contributed by atoms with Crippen molar-refractivity contribution >= 4 is 41.2 Å². The molecule has 0 bridgehead atoms. The summed E-state index contributed by atoms with van der Waals surface area (Å²) in [4.78, 5) is 54.0. The zero-order chi connectivity index (χ0) is 99.6. The molecule has 5 fully saturated rings. The number of halogens is 4. The number of hydrogen-bond donors (Lipinski definition) is 9. The largest absolute Gasteiger partial charge is 0.444 e. The number of epoxide rings is 1. The van der Waals surface area contributed by atoms with E-state index in [1.807, 2.05) is 127 Å². The number of hydrogen-bond acceptors (Lipinski definition) is 17. The number of ether oxygens (including phenoxy) is 3. The van der Waals surface area contributed by atoms with Crippen molar-refractivity contribution in [1.29, 1.82) is 0 Å². The maximum Gasteiger partial charge on any atom is 0.408 e. The van der Waals surface area contributed by atoms with E-state index >= 15 is 0 Å². The highest BCUT2D eigenvalue weighted by atomic mass is 19.1. The minimum atomic E-state index is -0.627. The van der Waals surface area contributed by atoms with Crippen molar-refractivity contribution in [3.63, 3.8) is 0 Å². The van der Waals surface area contributed by atoms with Gasteiger partial charge >= 0.3 is 12.2 Å². The van der Waals surface area contributed by atoms with Crippen LogP contribution in [0.2, 0.25) is 0 Å². The predicted octanol–water partition coefficient (Wildman–Crippen LogP) is 25.0. The second-order valence-electron chi connectivity index (χ2n) is 43.8. The molecule has 4 saturated carbocycles. The SMILES string of the molecule is CC(C)(C)OC(=O)NC1(c2cccc(C(C)(C)C)c2)CCC(=O)CC1.CC(C)(C)OC(=O)NC1(c2cccc(C(C)(C)C)c2)CCC(Nc2ccccn2)CC1.CC(C)(C)c1cccc(C2(N)CCC(Nc3ccccn3)CC2)c1.CC(C)(C)c1cccc(C2(NCC(O)CCc3cc(F)cc(F)c3)CCC(Nc3ccccn3)CC2)c1.Fc1cc(F)cc(CCC2CO2)c1.Nc1ccccn1. The van der Waals surface area contributed by atoms with Gasteiger partial charge in [-0.05, 0) is 307 Å². The number of aryl methyl sites for hydroxylation is 2. The number of nitrogens with one attached hydrogen (secondary N) is 6. The normalized spacial score (nSPS) is 20.6. The van der Waals surface area contributed by atoms with Gasteiger partial charge in [-0.2, -0.15) is 0 Å². The van der Waals surface area contributed by atoms with Crippen molar-refractivity contribution in [2.75, 3.05) is 34.8 Å². The molecule has 15 rings (SSSR count). The van der Waals surface area contributed by atoms with Crippen molar-refractivity contribution in [3.05, 3.63) is 310 Å². The monoisotopic (exact) mass is 1880 g/mol. The summed E-state index contributed by atoms with van der Waals surface area (Å²) in [6, 6.07) is 66.2. The molecule has 19 nitrogen and oxygen atoms in total. The number of carbonyl (C=O) groups excluding carboxylic acids is 3. The van der Waals surface area contributed by atoms with Crippen LogP contribution >= 0.6 is 0 Å². The summed E-state index contributed by atoms with van der Waals surface area (Å²) in [6.45, 7) is 39.0. The Morgan fingerprint density at radius 3 is 1.08 bits per heavy atom. The first kappa shape index (κ1) is 108. The first-order valence-corrected chi connectivity index (χ1v) is 48.9. The number of benzene rings is 6. The van der Waals surface area contributed by atoms with Crippen LogP contribution in [-0.4, -0.2) is 97.7 Å². The van der Waals surface area contributed by atoms with Crippen LogP contribution in [-0.2, 0) is 75.7 Å². The Labute approximate surface area is 812 Å². The third-order valence-electron chi connectivity index (χ3n) is 26.0. The molecule has 738 valence electrons. The Bertz CT molecular complexity index is 5380. The van der Waals surface area contributed by atoms with E-state index in [-0.39, 0.29) is 44.6 Å². The summed E-state index contributed by atoms with van der Waals surface area (Å²) in [6.07, 6.45) is 22.1. The van der Waals surface area contributed by atoms with E-state index in [1.54, 1.807) is 24.7 Å². The summed E-state index contributed by atoms with van der Waals surface area (Å²) < 4.78 is 68.6. The number of alkyl carbamates (subject to hydrolysis) is 2. The van der Waals surface area contributed by atoms with Gasteiger partial charge in [0.1, 0.15) is 63.5 Å². The van der Waals surface area contributed by atoms with Gasteiger partial charge in [-0.3, -0.25) is 4.79 Å². The number of Topliss-reactive ketones (excluding diaryl/α,β-unsaturated/α-hetero) is 1. The van der Waals surface area contributed by atoms with Gasteiger partial charge < -0.3 is 62.7 Å². The van der Waals surface area contributed by atoms with Crippen LogP contribution in [0, 0.1) is 23.3 Å². The van der Waals surface area contributed by atoms with Gasteiger partial charge in [0.2, 0.25) is 0 Å². The fourth-order valence-corrected chi connectivity index (χ4v) is 17.9. The standard InChI is InChI=1S/C31H39F2N3O.C26H37N3O2.C21H29N3.C21H31NO3.C10H10F2O.C5H6N2/c1-30(2,3)23-7-6-8-24(19-23)31(14-12-27(13-15-31)36-29-9-4-5-16-34-29)35-21-28(37)11-10-22-17-25(32)20-26(33)18-22;1-24(2,3)19-10-9-11-20(18-19)26(29-23(30)31-25(4,5)6)15-13-21(14-16-26)28-22-12-7-8-17-27-22;1-20(2,3)16-7-6-8-17(15-16)21(22)12-10-18(11-13-21)24-19-9-4-5-14-23-19;1-19(2,3)15-8-7-9-16(14-15)21(12-10-17(23)11-13-21)22-18(24)25-20(4,5)6;11-8-3-7(4-9(12)5-8)1-2-10-6-13-10;6-5-3-1-2-4-7-5/h4-9,16-20,27-28,35,37H,10-15,21H2,1-3H3,(H,34,36);7-12,17-18,21H,13-16H2,1-6H3,(H,27,28)(H,29,30);4-9,14-15,18H,10-13,22H2,1-3H3,(H,23,24);7-9,14H,10-13H2,1-6H3,(H,22,24);3-5,10H,1-2,6H2;1-4H,(H2,6,7). The number of aliphatic hydroxyl groups is 1. The molecule has 2 unspecified atom stereocenters. The van der Waals surface area contributed by atoms with Crippen LogP contribution in [0.1, 0.15) is 296 Å². The van der Waals surface area contributed by atoms with E-state index in [1.165, 1.54) is 57.6 Å². The lowest BCUT2D eigenvalue weighted by Crippen LogP contribution is -2.51. The maximum atomic E-state index is 13.5. The highest BCUT2D eigenvalue weighted by Gasteiger charge is 2.44. The number of pyridine rings is 4. The molecular weight excluding hydrogens is 1730 g/mol. The number of nitrogens with zero attached hydrogens (tertiary/aromatic N) is 4. The van der Waals surface area contributed by atoms with Crippen molar-refractivity contribution in [2.45, 2.75) is 338 Å². The van der Waals surface area contributed by atoms with Crippen LogP contribution in [0.3, 0.4) is 0 Å². The van der Waals surface area contributed by atoms with Crippen LogP contribution < -0.4 is 43.4 Å². The number of nitrogen functional groups attached to an aromatic ring is 1. The molecular formula is C114H152F4N12O7. The Kier molecular flexibility index (Phi) is 37.8. The lowest BCUT2D eigenvalue weighted by Gasteiger charge is -2.43. The number of ketones is 1. The van der Waals surface area contributed by atoms with E-state index in [9.17, 15) is 37.1 Å². The van der Waals surface area contributed by atoms with E-state index in [4.69, 9.17) is 25.7 Å². The molecule has 6 aromatic carbocycles. The molecule has 5 heterocycles. The van der Waals surface area contributed by atoms with Crippen molar-refractivity contribution in [1.82, 2.24) is 35.9 Å². The molecule has 10 aromatic rings. The minimum Gasteiger partial charge on any atom is -0.444 e. The number of rotatable bonds is 21. The number of carbonyl (C=O) groups is 3. The Morgan fingerprint density at radius 2 is 0.752 bits per heavy atom. The van der Waals surface area contributed by atoms with Gasteiger partial charge in [-0.25, -0.2) is 47.1 Å². The third-order valence-corrected chi connectivity index (χ3v) is 26.0. The number of nitrogens with two attached hydrogens (primary N) is 2. The smallest absolute Gasteiger partial charge is 0.408 e. The van der Waals surface area contributed by atoms with Gasteiger partial charge in [0.25, 0.3) is 0 Å². The summed E-state index contributed by atoms with van der Waals surface area (Å²) in [5.41, 5.74) is 20.9. The van der Waals surface area contributed by atoms with Crippen LogP contribution in [0.5, 0.6) is 0 Å². The number of anilines is 4. The van der Waals surface area contributed by atoms with Gasteiger partial charge in [0.15, 0.2) is 0 Å². The maximum absolute atomic E-state index is 13.5.